The molecule has 0 bridgehead atoms. The van der Waals surface area contributed by atoms with Gasteiger partial charge in [0.2, 0.25) is 5.78 Å². The molecule has 1 heterocycles. The minimum Gasteiger partial charge on any atom is -0.453 e. The molecular formula is C21H22N2O2S. The van der Waals surface area contributed by atoms with Crippen molar-refractivity contribution >= 4 is 39.8 Å². The van der Waals surface area contributed by atoms with E-state index in [2.05, 4.69) is 19.2 Å². The number of para-hydroxylation sites is 1. The second-order valence-corrected chi connectivity index (χ2v) is 6.87. The van der Waals surface area contributed by atoms with Crippen LogP contribution in [0.4, 0.5) is 5.69 Å². The van der Waals surface area contributed by atoms with Crippen molar-refractivity contribution < 1.29 is 9.21 Å². The molecule has 1 aromatic heterocycles. The van der Waals surface area contributed by atoms with Gasteiger partial charge in [-0.05, 0) is 48.3 Å². The first kappa shape index (κ1) is 18.1. The Bertz CT molecular complexity index is 929. The number of benzene rings is 2. The first-order valence-electron chi connectivity index (χ1n) is 8.74. The second-order valence-electron chi connectivity index (χ2n) is 6.43. The highest BCUT2D eigenvalue weighted by atomic mass is 32.1. The van der Waals surface area contributed by atoms with E-state index in [1.807, 2.05) is 42.5 Å². The van der Waals surface area contributed by atoms with Gasteiger partial charge in [-0.15, -0.1) is 0 Å². The molecule has 0 aliphatic rings. The SMILES string of the molecule is CCCC(C)c1cccc(NC(N)=S)c1C(=O)c1cc2ccccc2o1. The number of hydrogen-bond acceptors (Lipinski definition) is 3. The summed E-state index contributed by atoms with van der Waals surface area (Å²) < 4.78 is 5.80. The van der Waals surface area contributed by atoms with E-state index in [1.165, 1.54) is 0 Å². The Morgan fingerprint density at radius 3 is 2.69 bits per heavy atom. The molecule has 26 heavy (non-hydrogen) atoms. The Morgan fingerprint density at radius 1 is 1.23 bits per heavy atom. The first-order valence-corrected chi connectivity index (χ1v) is 9.14. The zero-order chi connectivity index (χ0) is 18.7. The van der Waals surface area contributed by atoms with E-state index in [1.54, 1.807) is 6.07 Å². The number of nitrogens with one attached hydrogen (secondary N) is 1. The van der Waals surface area contributed by atoms with Gasteiger partial charge in [-0.25, -0.2) is 0 Å². The van der Waals surface area contributed by atoms with Crippen molar-refractivity contribution in [2.75, 3.05) is 5.32 Å². The van der Waals surface area contributed by atoms with E-state index in [0.717, 1.165) is 23.8 Å². The lowest BCUT2D eigenvalue weighted by Gasteiger charge is -2.18. The van der Waals surface area contributed by atoms with Crippen molar-refractivity contribution in [1.29, 1.82) is 0 Å². The van der Waals surface area contributed by atoms with Crippen LogP contribution in [0.1, 0.15) is 54.3 Å². The Balaban J connectivity index is 2.13. The van der Waals surface area contributed by atoms with E-state index >= 15 is 0 Å². The van der Waals surface area contributed by atoms with Crippen LogP contribution in [0, 0.1) is 0 Å². The summed E-state index contributed by atoms with van der Waals surface area (Å²) in [4.78, 5) is 13.3. The monoisotopic (exact) mass is 366 g/mol. The van der Waals surface area contributed by atoms with Crippen molar-refractivity contribution in [2.24, 2.45) is 5.73 Å². The lowest BCUT2D eigenvalue weighted by molar-refractivity contribution is 0.101. The summed E-state index contributed by atoms with van der Waals surface area (Å²) in [5.74, 6) is 0.378. The molecule has 3 N–H and O–H groups in total. The van der Waals surface area contributed by atoms with Crippen LogP contribution >= 0.6 is 12.2 Å². The minimum atomic E-state index is -0.168. The number of carbonyl (C=O) groups is 1. The zero-order valence-corrected chi connectivity index (χ0v) is 15.7. The van der Waals surface area contributed by atoms with Gasteiger partial charge in [-0.2, -0.15) is 0 Å². The zero-order valence-electron chi connectivity index (χ0n) is 14.9. The summed E-state index contributed by atoms with van der Waals surface area (Å²) in [5.41, 5.74) is 8.51. The lowest BCUT2D eigenvalue weighted by Crippen LogP contribution is -2.21. The summed E-state index contributed by atoms with van der Waals surface area (Å²) in [6.45, 7) is 4.26. The van der Waals surface area contributed by atoms with Gasteiger partial charge in [0.25, 0.3) is 0 Å². The number of hydrogen-bond donors (Lipinski definition) is 2. The number of ketones is 1. The number of thiocarbonyl (C=S) groups is 1. The Morgan fingerprint density at radius 2 is 2.00 bits per heavy atom. The van der Waals surface area contributed by atoms with E-state index < -0.39 is 0 Å². The molecular weight excluding hydrogens is 344 g/mol. The van der Waals surface area contributed by atoms with Crippen LogP contribution in [0.15, 0.2) is 52.9 Å². The van der Waals surface area contributed by atoms with Crippen molar-refractivity contribution in [3.05, 3.63) is 65.4 Å². The van der Waals surface area contributed by atoms with Crippen molar-refractivity contribution in [3.8, 4) is 0 Å². The topological polar surface area (TPSA) is 68.3 Å². The van der Waals surface area contributed by atoms with Crippen LogP contribution in [-0.2, 0) is 0 Å². The highest BCUT2D eigenvalue weighted by molar-refractivity contribution is 7.80. The molecule has 0 aliphatic carbocycles. The molecule has 0 saturated carbocycles. The normalized spacial score (nSPS) is 12.1. The van der Waals surface area contributed by atoms with Crippen molar-refractivity contribution in [2.45, 2.75) is 32.6 Å². The molecule has 134 valence electrons. The van der Waals surface area contributed by atoms with Crippen LogP contribution in [-0.4, -0.2) is 10.9 Å². The van der Waals surface area contributed by atoms with Gasteiger partial charge in [0.1, 0.15) is 5.58 Å². The molecule has 0 saturated heterocycles. The molecule has 1 unspecified atom stereocenters. The average Bonchev–Trinajstić information content (AvgIpc) is 3.05. The molecule has 5 heteroatoms. The third kappa shape index (κ3) is 3.63. The maximum absolute atomic E-state index is 13.3. The molecule has 4 nitrogen and oxygen atoms in total. The van der Waals surface area contributed by atoms with E-state index in [-0.39, 0.29) is 16.8 Å². The summed E-state index contributed by atoms with van der Waals surface area (Å²) in [5, 5.41) is 3.97. The van der Waals surface area contributed by atoms with Crippen LogP contribution in [0.25, 0.3) is 11.0 Å². The molecule has 3 rings (SSSR count). The van der Waals surface area contributed by atoms with Gasteiger partial charge < -0.3 is 15.5 Å². The molecule has 3 aromatic rings. The predicted octanol–water partition coefficient (Wildman–Crippen LogP) is 5.22. The van der Waals surface area contributed by atoms with Gasteiger partial charge >= 0.3 is 0 Å². The highest BCUT2D eigenvalue weighted by Gasteiger charge is 2.24. The van der Waals surface area contributed by atoms with Gasteiger partial charge in [-0.1, -0.05) is 50.6 Å². The Kier molecular flexibility index (Phi) is 5.38. The highest BCUT2D eigenvalue weighted by Crippen LogP contribution is 2.32. The summed E-state index contributed by atoms with van der Waals surface area (Å²) >= 11 is 4.98. The number of rotatable bonds is 6. The average molecular weight is 366 g/mol. The largest absolute Gasteiger partial charge is 0.453 e. The lowest BCUT2D eigenvalue weighted by atomic mass is 9.89. The summed E-state index contributed by atoms with van der Waals surface area (Å²) in [6.07, 6.45) is 2.02. The number of fused-ring (bicyclic) bond motifs is 1. The number of anilines is 1. The quantitative estimate of drug-likeness (QED) is 0.462. The molecule has 0 amide bonds. The molecule has 0 aliphatic heterocycles. The van der Waals surface area contributed by atoms with E-state index in [4.69, 9.17) is 22.4 Å². The van der Waals surface area contributed by atoms with Gasteiger partial charge in [-0.3, -0.25) is 4.79 Å². The Hall–Kier alpha value is -2.66. The molecule has 2 aromatic carbocycles. The summed E-state index contributed by atoms with van der Waals surface area (Å²) in [7, 11) is 0. The maximum atomic E-state index is 13.3. The van der Waals surface area contributed by atoms with Crippen molar-refractivity contribution in [1.82, 2.24) is 0 Å². The fraction of sp³-hybridized carbons (Fsp3) is 0.238. The van der Waals surface area contributed by atoms with Gasteiger partial charge in [0.05, 0.1) is 11.3 Å². The third-order valence-corrected chi connectivity index (χ3v) is 4.59. The molecule has 0 fully saturated rings. The summed E-state index contributed by atoms with van der Waals surface area (Å²) in [6, 6.07) is 15.1. The number of nitrogens with two attached hydrogens (primary N) is 1. The molecule has 1 atom stereocenters. The molecule has 0 radical (unpaired) electrons. The number of carbonyl (C=O) groups excluding carboxylic acids is 1. The van der Waals surface area contributed by atoms with Gasteiger partial charge in [0, 0.05) is 5.39 Å². The van der Waals surface area contributed by atoms with Crippen LogP contribution in [0.2, 0.25) is 0 Å². The minimum absolute atomic E-state index is 0.129. The third-order valence-electron chi connectivity index (χ3n) is 4.48. The van der Waals surface area contributed by atoms with Crippen LogP contribution < -0.4 is 11.1 Å². The Labute approximate surface area is 158 Å². The fourth-order valence-corrected chi connectivity index (χ4v) is 3.39. The predicted molar refractivity (Wildman–Crippen MR) is 110 cm³/mol. The molecule has 0 spiro atoms. The maximum Gasteiger partial charge on any atom is 0.230 e. The van der Waals surface area contributed by atoms with E-state index in [0.29, 0.717) is 22.6 Å². The first-order chi connectivity index (χ1) is 12.5. The smallest absolute Gasteiger partial charge is 0.230 e. The van der Waals surface area contributed by atoms with Gasteiger partial charge in [0.15, 0.2) is 10.9 Å². The number of furan rings is 1. The van der Waals surface area contributed by atoms with Crippen molar-refractivity contribution in [3.63, 3.8) is 0 Å². The van der Waals surface area contributed by atoms with Crippen LogP contribution in [0.3, 0.4) is 0 Å². The standard InChI is InChI=1S/C21H22N2O2S/c1-3-7-13(2)15-9-6-10-16(23-21(22)26)19(15)20(24)18-12-14-8-4-5-11-17(14)25-18/h4-6,8-13H,3,7H2,1-2H3,(H3,22,23,26). The fourth-order valence-electron chi connectivity index (χ4n) is 3.28. The van der Waals surface area contributed by atoms with Crippen LogP contribution in [0.5, 0.6) is 0 Å². The second kappa shape index (κ2) is 7.70. The van der Waals surface area contributed by atoms with E-state index in [9.17, 15) is 4.79 Å².